The van der Waals surface area contributed by atoms with Gasteiger partial charge in [0.15, 0.2) is 0 Å². The highest BCUT2D eigenvalue weighted by Crippen LogP contribution is 2.34. The zero-order valence-corrected chi connectivity index (χ0v) is 19.6. The second-order valence-electron chi connectivity index (χ2n) is 8.61. The van der Waals surface area contributed by atoms with Crippen LogP contribution >= 0.6 is 11.6 Å². The van der Waals surface area contributed by atoms with Gasteiger partial charge >= 0.3 is 5.97 Å². The number of esters is 1. The van der Waals surface area contributed by atoms with Gasteiger partial charge in [0, 0.05) is 17.9 Å². The van der Waals surface area contributed by atoms with Crippen LogP contribution in [0.2, 0.25) is 5.02 Å². The first-order valence-electron chi connectivity index (χ1n) is 9.85. The van der Waals surface area contributed by atoms with E-state index in [0.29, 0.717) is 5.02 Å². The molecule has 1 aromatic rings. The molecule has 2 aliphatic rings. The fraction of sp³-hybridized carbons (Fsp3) is 0.667. The minimum atomic E-state index is -0.743. The van der Waals surface area contributed by atoms with Crippen molar-refractivity contribution in [1.29, 1.82) is 0 Å². The lowest BCUT2D eigenvalue weighted by Crippen LogP contribution is -3.00. The first-order valence-corrected chi connectivity index (χ1v) is 10.2. The van der Waals surface area contributed by atoms with Crippen LogP contribution < -0.4 is 24.0 Å². The van der Waals surface area contributed by atoms with E-state index >= 15 is 0 Å². The normalized spacial score (nSPS) is 23.1. The van der Waals surface area contributed by atoms with E-state index in [1.54, 1.807) is 0 Å². The van der Waals surface area contributed by atoms with Gasteiger partial charge in [-0.15, -0.1) is 0 Å². The van der Waals surface area contributed by atoms with Crippen LogP contribution in [-0.2, 0) is 15.1 Å². The van der Waals surface area contributed by atoms with Crippen molar-refractivity contribution in [3.63, 3.8) is 0 Å². The van der Waals surface area contributed by atoms with Gasteiger partial charge in [0.2, 0.25) is 0 Å². The lowest BCUT2D eigenvalue weighted by molar-refractivity contribution is -0.896. The van der Waals surface area contributed by atoms with Crippen LogP contribution in [0.15, 0.2) is 24.3 Å². The molecule has 2 saturated heterocycles. The number of hydrogen-bond acceptors (Lipinski definition) is 3. The smallest absolute Gasteiger partial charge is 0.331 e. The van der Waals surface area contributed by atoms with Gasteiger partial charge in [0.25, 0.3) is 0 Å². The average molecular weight is 507 g/mol. The average Bonchev–Trinajstić information content (AvgIpc) is 2.64. The minimum Gasteiger partial charge on any atom is -1.00 e. The third-order valence-corrected chi connectivity index (χ3v) is 6.43. The summed E-state index contributed by atoms with van der Waals surface area (Å²) in [5.74, 6) is -0.112. The van der Waals surface area contributed by atoms with E-state index in [-0.39, 0.29) is 36.0 Å². The first kappa shape index (κ1) is 22.9. The molecule has 0 saturated carbocycles. The van der Waals surface area contributed by atoms with Gasteiger partial charge in [-0.05, 0) is 50.6 Å². The predicted molar refractivity (Wildman–Crippen MR) is 105 cm³/mol. The number of benzene rings is 1. The Morgan fingerprint density at radius 3 is 2.22 bits per heavy atom. The number of ether oxygens (including phenoxy) is 1. The summed E-state index contributed by atoms with van der Waals surface area (Å²) in [4.78, 5) is 15.7. The largest absolute Gasteiger partial charge is 1.00 e. The Labute approximate surface area is 185 Å². The van der Waals surface area contributed by atoms with Crippen molar-refractivity contribution < 1.29 is 38.0 Å². The molecule has 2 aliphatic heterocycles. The lowest BCUT2D eigenvalue weighted by Gasteiger charge is -2.43. The Morgan fingerprint density at radius 2 is 1.67 bits per heavy atom. The SMILES string of the molecule is CC(C(=O)OC1CC[N+](C)(C)CC1)(c1ccc(Cl)cc1)N1CCCCC1.[I-]. The maximum absolute atomic E-state index is 13.4. The number of carbonyl (C=O) groups excluding carboxylic acids is 1. The highest BCUT2D eigenvalue weighted by molar-refractivity contribution is 6.30. The number of piperidine rings is 2. The van der Waals surface area contributed by atoms with Gasteiger partial charge < -0.3 is 33.2 Å². The molecular weight excluding hydrogens is 475 g/mol. The Morgan fingerprint density at radius 1 is 1.11 bits per heavy atom. The van der Waals surface area contributed by atoms with Crippen LogP contribution in [0.4, 0.5) is 0 Å². The molecule has 1 unspecified atom stereocenters. The Hall–Kier alpha value is -0.370. The van der Waals surface area contributed by atoms with E-state index in [1.807, 2.05) is 31.2 Å². The molecule has 0 N–H and O–H groups in total. The summed E-state index contributed by atoms with van der Waals surface area (Å²) in [6.45, 7) is 6.00. The van der Waals surface area contributed by atoms with Gasteiger partial charge in [-0.3, -0.25) is 4.90 Å². The molecular formula is C21H32ClIN2O2. The zero-order chi connectivity index (χ0) is 18.8. The van der Waals surface area contributed by atoms with Crippen molar-refractivity contribution in [3.05, 3.63) is 34.9 Å². The maximum Gasteiger partial charge on any atom is 0.331 e. The van der Waals surface area contributed by atoms with Crippen molar-refractivity contribution >= 4 is 17.6 Å². The second kappa shape index (κ2) is 9.42. The number of nitrogens with zero attached hydrogens (tertiary/aromatic N) is 2. The molecule has 0 aromatic heterocycles. The van der Waals surface area contributed by atoms with Crippen molar-refractivity contribution in [2.24, 2.45) is 0 Å². The quantitative estimate of drug-likeness (QED) is 0.344. The molecule has 6 heteroatoms. The van der Waals surface area contributed by atoms with Crippen LogP contribution in [0.5, 0.6) is 0 Å². The summed E-state index contributed by atoms with van der Waals surface area (Å²) < 4.78 is 7.07. The molecule has 4 nitrogen and oxygen atoms in total. The fourth-order valence-corrected chi connectivity index (χ4v) is 4.30. The van der Waals surface area contributed by atoms with E-state index in [1.165, 1.54) is 6.42 Å². The van der Waals surface area contributed by atoms with E-state index in [0.717, 1.165) is 61.9 Å². The molecule has 2 fully saturated rings. The first-order chi connectivity index (χ1) is 12.3. The zero-order valence-electron chi connectivity index (χ0n) is 16.7. The molecule has 2 heterocycles. The summed E-state index contributed by atoms with van der Waals surface area (Å²) in [6.07, 6.45) is 5.41. The van der Waals surface area contributed by atoms with Crippen molar-refractivity contribution in [2.45, 2.75) is 50.7 Å². The van der Waals surface area contributed by atoms with Gasteiger partial charge in [0.1, 0.15) is 11.6 Å². The molecule has 1 atom stereocenters. The van der Waals surface area contributed by atoms with Crippen LogP contribution in [0.3, 0.4) is 0 Å². The summed E-state index contributed by atoms with van der Waals surface area (Å²) in [7, 11) is 4.48. The second-order valence-corrected chi connectivity index (χ2v) is 9.05. The molecule has 152 valence electrons. The van der Waals surface area contributed by atoms with Crippen LogP contribution in [0.25, 0.3) is 0 Å². The lowest BCUT2D eigenvalue weighted by atomic mass is 9.88. The van der Waals surface area contributed by atoms with Crippen LogP contribution in [-0.4, -0.2) is 61.7 Å². The van der Waals surface area contributed by atoms with E-state index in [2.05, 4.69) is 19.0 Å². The number of hydrogen-bond donors (Lipinski definition) is 0. The fourth-order valence-electron chi connectivity index (χ4n) is 4.17. The van der Waals surface area contributed by atoms with Crippen molar-refractivity contribution in [3.8, 4) is 0 Å². The van der Waals surface area contributed by atoms with Gasteiger partial charge in [-0.2, -0.15) is 0 Å². The summed E-state index contributed by atoms with van der Waals surface area (Å²) in [6, 6.07) is 7.68. The summed E-state index contributed by atoms with van der Waals surface area (Å²) >= 11 is 6.08. The number of quaternary nitrogens is 1. The molecule has 1 aromatic carbocycles. The molecule has 0 bridgehead atoms. The molecule has 3 rings (SSSR count). The Balaban J connectivity index is 0.00000261. The number of halogens is 2. The Bertz CT molecular complexity index is 622. The van der Waals surface area contributed by atoms with Crippen molar-refractivity contribution in [2.75, 3.05) is 40.3 Å². The van der Waals surface area contributed by atoms with Crippen LogP contribution in [0.1, 0.15) is 44.6 Å². The van der Waals surface area contributed by atoms with Gasteiger partial charge in [0.05, 0.1) is 27.2 Å². The molecule has 0 spiro atoms. The monoisotopic (exact) mass is 506 g/mol. The molecule has 0 radical (unpaired) electrons. The maximum atomic E-state index is 13.4. The predicted octanol–water partition coefficient (Wildman–Crippen LogP) is 0.827. The Kier molecular flexibility index (Phi) is 7.99. The van der Waals surface area contributed by atoms with E-state index < -0.39 is 5.54 Å². The highest BCUT2D eigenvalue weighted by atomic mass is 127. The highest BCUT2D eigenvalue weighted by Gasteiger charge is 2.44. The van der Waals surface area contributed by atoms with Gasteiger partial charge in [-0.25, -0.2) is 4.79 Å². The van der Waals surface area contributed by atoms with E-state index in [4.69, 9.17) is 16.3 Å². The van der Waals surface area contributed by atoms with Gasteiger partial charge in [-0.1, -0.05) is 30.2 Å². The summed E-state index contributed by atoms with van der Waals surface area (Å²) in [5, 5.41) is 0.690. The van der Waals surface area contributed by atoms with E-state index in [9.17, 15) is 4.79 Å². The summed E-state index contributed by atoms with van der Waals surface area (Å²) in [5.41, 5.74) is 0.230. The van der Waals surface area contributed by atoms with Crippen molar-refractivity contribution in [1.82, 2.24) is 4.90 Å². The number of likely N-dealkylation sites (tertiary alicyclic amines) is 2. The standard InChI is InChI=1S/C21H32ClN2O2.HI/c1-21(23-13-5-4-6-14-23,17-7-9-18(22)10-8-17)20(25)26-19-11-15-24(2,3)16-12-19;/h7-10,19H,4-6,11-16H2,1-3H3;1H/q+1;/p-1. The topological polar surface area (TPSA) is 29.5 Å². The molecule has 27 heavy (non-hydrogen) atoms. The third-order valence-electron chi connectivity index (χ3n) is 6.18. The third kappa shape index (κ3) is 5.37. The molecule has 0 amide bonds. The number of carbonyl (C=O) groups is 1. The minimum absolute atomic E-state index is 0. The number of rotatable bonds is 4. The molecule has 0 aliphatic carbocycles. The van der Waals surface area contributed by atoms with Crippen LogP contribution in [0, 0.1) is 0 Å².